The Morgan fingerprint density at radius 1 is 0.939 bits per heavy atom. The lowest BCUT2D eigenvalue weighted by atomic mass is 9.97. The Labute approximate surface area is 197 Å². The molecule has 4 N–H and O–H groups in total. The van der Waals surface area contributed by atoms with Gasteiger partial charge >= 0.3 is 5.97 Å². The lowest BCUT2D eigenvalue weighted by molar-refractivity contribution is -0.332. The van der Waals surface area contributed by atoms with E-state index in [4.69, 9.17) is 14.6 Å². The molecule has 4 atom stereocenters. The first kappa shape index (κ1) is 29.0. The summed E-state index contributed by atoms with van der Waals surface area (Å²) >= 11 is 0. The van der Waals surface area contributed by atoms with Gasteiger partial charge < -0.3 is 29.9 Å². The second-order valence-corrected chi connectivity index (χ2v) is 7.88. The SMILES string of the molecule is CCC=CCC=CCC=CCC=CCC=CCCCC(=O)OC1COC(O)(CO)C(O)C1O. The molecule has 1 fully saturated rings. The van der Waals surface area contributed by atoms with Crippen molar-refractivity contribution in [1.82, 2.24) is 0 Å². The zero-order chi connectivity index (χ0) is 24.4. The molecule has 0 saturated carbocycles. The number of unbranched alkanes of at least 4 members (excludes halogenated alkanes) is 1. The van der Waals surface area contributed by atoms with Crippen LogP contribution in [0, 0.1) is 0 Å². The molecule has 186 valence electrons. The molecule has 1 aliphatic heterocycles. The van der Waals surface area contributed by atoms with E-state index in [1.54, 1.807) is 0 Å². The van der Waals surface area contributed by atoms with Gasteiger partial charge in [-0.15, -0.1) is 0 Å². The molecule has 1 rings (SSSR count). The van der Waals surface area contributed by atoms with Gasteiger partial charge in [-0.1, -0.05) is 67.7 Å². The van der Waals surface area contributed by atoms with Gasteiger partial charge in [0, 0.05) is 6.42 Å². The smallest absolute Gasteiger partial charge is 0.306 e. The van der Waals surface area contributed by atoms with Crippen LogP contribution in [0.15, 0.2) is 60.8 Å². The van der Waals surface area contributed by atoms with Crippen molar-refractivity contribution in [3.8, 4) is 0 Å². The van der Waals surface area contributed by atoms with E-state index in [2.05, 4.69) is 55.5 Å². The minimum absolute atomic E-state index is 0.165. The standard InChI is InChI=1S/C26H40O7/c1-2-3-4-5-6-7-8-9-10-11-12-13-14-15-16-17-18-19-23(28)33-22-20-32-26(31,21-27)25(30)24(22)29/h3-4,6-7,9-10,12-13,15-16,22,24-25,27,29-31H,2,5,8,11,14,17-21H2,1H3. The van der Waals surface area contributed by atoms with Gasteiger partial charge in [0.1, 0.15) is 12.2 Å². The van der Waals surface area contributed by atoms with E-state index in [1.165, 1.54) is 0 Å². The van der Waals surface area contributed by atoms with Gasteiger partial charge in [-0.2, -0.15) is 0 Å². The van der Waals surface area contributed by atoms with Crippen molar-refractivity contribution >= 4 is 5.97 Å². The second-order valence-electron chi connectivity index (χ2n) is 7.88. The summed E-state index contributed by atoms with van der Waals surface area (Å²) in [6.07, 6.45) is 23.1. The molecule has 7 heteroatoms. The van der Waals surface area contributed by atoms with Crippen LogP contribution in [-0.2, 0) is 14.3 Å². The maximum Gasteiger partial charge on any atom is 0.306 e. The maximum atomic E-state index is 11.9. The Hall–Kier alpha value is -2.03. The molecule has 0 radical (unpaired) electrons. The highest BCUT2D eigenvalue weighted by atomic mass is 16.7. The van der Waals surface area contributed by atoms with Crippen molar-refractivity contribution in [1.29, 1.82) is 0 Å². The van der Waals surface area contributed by atoms with Crippen molar-refractivity contribution in [2.24, 2.45) is 0 Å². The fourth-order valence-corrected chi connectivity index (χ4v) is 3.08. The monoisotopic (exact) mass is 464 g/mol. The van der Waals surface area contributed by atoms with Gasteiger partial charge in [0.2, 0.25) is 5.79 Å². The Morgan fingerprint density at radius 3 is 1.97 bits per heavy atom. The van der Waals surface area contributed by atoms with E-state index in [-0.39, 0.29) is 13.0 Å². The fraction of sp³-hybridized carbons (Fsp3) is 0.577. The van der Waals surface area contributed by atoms with Crippen LogP contribution in [0.3, 0.4) is 0 Å². The van der Waals surface area contributed by atoms with Crippen molar-refractivity contribution < 1.29 is 34.7 Å². The number of hydrogen-bond acceptors (Lipinski definition) is 7. The summed E-state index contributed by atoms with van der Waals surface area (Å²) < 4.78 is 10.1. The van der Waals surface area contributed by atoms with Crippen LogP contribution in [-0.4, -0.2) is 63.7 Å². The topological polar surface area (TPSA) is 116 Å². The third-order valence-electron chi connectivity index (χ3n) is 5.08. The van der Waals surface area contributed by atoms with Gasteiger partial charge in [0.05, 0.1) is 13.2 Å². The number of aliphatic hydroxyl groups is 4. The predicted molar refractivity (Wildman–Crippen MR) is 128 cm³/mol. The zero-order valence-electron chi connectivity index (χ0n) is 19.6. The molecular weight excluding hydrogens is 424 g/mol. The molecule has 0 aromatic rings. The Balaban J connectivity index is 2.09. The number of hydrogen-bond donors (Lipinski definition) is 4. The van der Waals surface area contributed by atoms with E-state index >= 15 is 0 Å². The van der Waals surface area contributed by atoms with Gasteiger partial charge in [0.15, 0.2) is 6.10 Å². The highest BCUT2D eigenvalue weighted by Gasteiger charge is 2.49. The molecule has 1 aliphatic rings. The molecule has 4 unspecified atom stereocenters. The largest absolute Gasteiger partial charge is 0.457 e. The fourth-order valence-electron chi connectivity index (χ4n) is 3.08. The summed E-state index contributed by atoms with van der Waals surface area (Å²) in [4.78, 5) is 11.9. The second kappa shape index (κ2) is 17.4. The first-order valence-electron chi connectivity index (χ1n) is 11.7. The van der Waals surface area contributed by atoms with Gasteiger partial charge in [0.25, 0.3) is 0 Å². The number of esters is 1. The Morgan fingerprint density at radius 2 is 1.45 bits per heavy atom. The number of ether oxygens (including phenoxy) is 2. The molecule has 7 nitrogen and oxygen atoms in total. The highest BCUT2D eigenvalue weighted by molar-refractivity contribution is 5.69. The summed E-state index contributed by atoms with van der Waals surface area (Å²) in [6, 6.07) is 0. The molecular formula is C26H40O7. The molecule has 0 bridgehead atoms. The van der Waals surface area contributed by atoms with Crippen molar-refractivity contribution in [2.75, 3.05) is 13.2 Å². The maximum absolute atomic E-state index is 11.9. The molecule has 1 saturated heterocycles. The van der Waals surface area contributed by atoms with Crippen molar-refractivity contribution in [3.63, 3.8) is 0 Å². The van der Waals surface area contributed by atoms with Crippen molar-refractivity contribution in [2.45, 2.75) is 82.4 Å². The van der Waals surface area contributed by atoms with Crippen LogP contribution in [0.2, 0.25) is 0 Å². The lowest BCUT2D eigenvalue weighted by Gasteiger charge is -2.41. The average molecular weight is 465 g/mol. The van der Waals surface area contributed by atoms with Gasteiger partial charge in [-0.05, 0) is 44.9 Å². The lowest BCUT2D eigenvalue weighted by Crippen LogP contribution is -2.63. The summed E-state index contributed by atoms with van der Waals surface area (Å²) in [7, 11) is 0. The van der Waals surface area contributed by atoms with Crippen LogP contribution in [0.1, 0.15) is 58.3 Å². The molecule has 0 aliphatic carbocycles. The summed E-state index contributed by atoms with van der Waals surface area (Å²) in [5, 5.41) is 38.6. The predicted octanol–water partition coefficient (Wildman–Crippen LogP) is 3.25. The molecule has 0 spiro atoms. The third-order valence-corrected chi connectivity index (χ3v) is 5.08. The van der Waals surface area contributed by atoms with Crippen LogP contribution < -0.4 is 0 Å². The highest BCUT2D eigenvalue weighted by Crippen LogP contribution is 2.25. The number of carbonyl (C=O) groups excluding carboxylic acids is 1. The molecule has 33 heavy (non-hydrogen) atoms. The molecule has 1 heterocycles. The summed E-state index contributed by atoms with van der Waals surface area (Å²) in [5.74, 6) is -2.77. The van der Waals surface area contributed by atoms with E-state index in [0.29, 0.717) is 6.42 Å². The van der Waals surface area contributed by atoms with E-state index < -0.39 is 36.7 Å². The first-order valence-corrected chi connectivity index (χ1v) is 11.7. The number of carbonyl (C=O) groups is 1. The van der Waals surface area contributed by atoms with Crippen LogP contribution in [0.4, 0.5) is 0 Å². The molecule has 0 aromatic carbocycles. The van der Waals surface area contributed by atoms with Gasteiger partial charge in [-0.25, -0.2) is 0 Å². The van der Waals surface area contributed by atoms with E-state index in [9.17, 15) is 20.1 Å². The number of allylic oxidation sites excluding steroid dienone is 10. The number of rotatable bonds is 15. The van der Waals surface area contributed by atoms with Crippen molar-refractivity contribution in [3.05, 3.63) is 60.8 Å². The minimum atomic E-state index is -2.25. The van der Waals surface area contributed by atoms with Gasteiger partial charge in [-0.3, -0.25) is 4.79 Å². The molecule has 0 aromatic heterocycles. The normalized spacial score (nSPS) is 26.5. The van der Waals surface area contributed by atoms with Crippen LogP contribution in [0.5, 0.6) is 0 Å². The third kappa shape index (κ3) is 12.1. The minimum Gasteiger partial charge on any atom is -0.457 e. The molecule has 0 amide bonds. The summed E-state index contributed by atoms with van der Waals surface area (Å²) in [6.45, 7) is 0.944. The quantitative estimate of drug-likeness (QED) is 0.167. The Bertz CT molecular complexity index is 680. The summed E-state index contributed by atoms with van der Waals surface area (Å²) in [5.41, 5.74) is 0. The number of aliphatic hydroxyl groups excluding tert-OH is 3. The van der Waals surface area contributed by atoms with Crippen LogP contribution in [0.25, 0.3) is 0 Å². The average Bonchev–Trinajstić information content (AvgIpc) is 2.81. The Kier molecular flexibility index (Phi) is 15.3. The van der Waals surface area contributed by atoms with E-state index in [0.717, 1.165) is 38.5 Å². The van der Waals surface area contributed by atoms with E-state index in [1.807, 2.05) is 12.2 Å². The van der Waals surface area contributed by atoms with Crippen LogP contribution >= 0.6 is 0 Å². The first-order chi connectivity index (χ1) is 15.9. The zero-order valence-corrected chi connectivity index (χ0v) is 19.6.